The number of nitrogens with zero attached hydrogens (tertiary/aromatic N) is 3. The molecule has 1 atom stereocenters. The number of hydrogen-bond donors (Lipinski definition) is 0. The molecule has 19 heavy (non-hydrogen) atoms. The Labute approximate surface area is 113 Å². The van der Waals surface area contributed by atoms with Crippen LogP contribution in [0.3, 0.4) is 0 Å². The summed E-state index contributed by atoms with van der Waals surface area (Å²) in [6.07, 6.45) is 3.61. The maximum Gasteiger partial charge on any atom is 0.360 e. The number of hydrogen-bond acceptors (Lipinski definition) is 6. The van der Waals surface area contributed by atoms with E-state index in [1.165, 1.54) is 6.26 Å². The number of oxazole rings is 1. The number of ether oxygens (including phenoxy) is 1. The van der Waals surface area contributed by atoms with Crippen LogP contribution in [0.2, 0.25) is 0 Å². The van der Waals surface area contributed by atoms with Crippen molar-refractivity contribution in [2.75, 3.05) is 38.7 Å². The highest BCUT2D eigenvalue weighted by molar-refractivity contribution is 5.87. The van der Waals surface area contributed by atoms with Gasteiger partial charge < -0.3 is 19.0 Å². The SMILES string of the molecule is CCOC(=O)c1coc(N2CCCC2CN(C)C)n1. The first-order valence-corrected chi connectivity index (χ1v) is 6.65. The number of anilines is 1. The zero-order chi connectivity index (χ0) is 13.8. The number of carbonyl (C=O) groups excluding carboxylic acids is 1. The third-order valence-electron chi connectivity index (χ3n) is 3.18. The fourth-order valence-corrected chi connectivity index (χ4v) is 2.39. The lowest BCUT2D eigenvalue weighted by atomic mass is 10.2. The minimum atomic E-state index is -0.430. The Balaban J connectivity index is 2.07. The second-order valence-electron chi connectivity index (χ2n) is 4.99. The average Bonchev–Trinajstić information content (AvgIpc) is 2.96. The Morgan fingerprint density at radius 2 is 2.42 bits per heavy atom. The summed E-state index contributed by atoms with van der Waals surface area (Å²) in [6, 6.07) is 0.913. The molecule has 2 rings (SSSR count). The number of likely N-dealkylation sites (N-methyl/N-ethyl adjacent to an activating group) is 1. The van der Waals surface area contributed by atoms with E-state index in [4.69, 9.17) is 9.15 Å². The van der Waals surface area contributed by atoms with Crippen molar-refractivity contribution in [2.45, 2.75) is 25.8 Å². The van der Waals surface area contributed by atoms with Gasteiger partial charge in [-0.1, -0.05) is 0 Å². The maximum absolute atomic E-state index is 11.6. The van der Waals surface area contributed by atoms with Crippen molar-refractivity contribution in [3.8, 4) is 0 Å². The van der Waals surface area contributed by atoms with Crippen LogP contribution >= 0.6 is 0 Å². The quantitative estimate of drug-likeness (QED) is 0.751. The second-order valence-corrected chi connectivity index (χ2v) is 4.99. The van der Waals surface area contributed by atoms with E-state index < -0.39 is 5.97 Å². The van der Waals surface area contributed by atoms with Gasteiger partial charge in [0.05, 0.1) is 6.61 Å². The van der Waals surface area contributed by atoms with Gasteiger partial charge in [0.2, 0.25) is 0 Å². The average molecular weight is 267 g/mol. The Kier molecular flexibility index (Phi) is 4.42. The zero-order valence-electron chi connectivity index (χ0n) is 11.8. The van der Waals surface area contributed by atoms with Crippen molar-refractivity contribution in [2.24, 2.45) is 0 Å². The predicted molar refractivity (Wildman–Crippen MR) is 71.4 cm³/mol. The van der Waals surface area contributed by atoms with Crippen molar-refractivity contribution in [1.82, 2.24) is 9.88 Å². The minimum absolute atomic E-state index is 0.243. The summed E-state index contributed by atoms with van der Waals surface area (Å²) in [5.74, 6) is -0.430. The molecule has 0 aliphatic carbocycles. The van der Waals surface area contributed by atoms with Gasteiger partial charge in [-0.2, -0.15) is 4.98 Å². The standard InChI is InChI=1S/C13H21N3O3/c1-4-18-12(17)11-9-19-13(14-11)16-7-5-6-10(16)8-15(2)3/h9-10H,4-8H2,1-3H3. The van der Waals surface area contributed by atoms with Gasteiger partial charge in [-0.25, -0.2) is 4.79 Å². The van der Waals surface area contributed by atoms with Crippen molar-refractivity contribution >= 4 is 12.0 Å². The Hall–Kier alpha value is -1.56. The number of aromatic nitrogens is 1. The molecular weight excluding hydrogens is 246 g/mol. The van der Waals surface area contributed by atoms with Gasteiger partial charge in [-0.3, -0.25) is 0 Å². The zero-order valence-corrected chi connectivity index (χ0v) is 11.8. The third kappa shape index (κ3) is 3.26. The molecule has 6 heteroatoms. The molecule has 1 fully saturated rings. The number of carbonyl (C=O) groups is 1. The van der Waals surface area contributed by atoms with Crippen LogP contribution in [0.4, 0.5) is 6.01 Å². The first-order valence-electron chi connectivity index (χ1n) is 6.65. The molecule has 6 nitrogen and oxygen atoms in total. The van der Waals surface area contributed by atoms with Crippen molar-refractivity contribution in [3.05, 3.63) is 12.0 Å². The molecule has 1 unspecified atom stereocenters. The molecule has 0 spiro atoms. The van der Waals surface area contributed by atoms with Gasteiger partial charge in [0.15, 0.2) is 5.69 Å². The van der Waals surface area contributed by atoms with E-state index in [1.807, 2.05) is 0 Å². The monoisotopic (exact) mass is 267 g/mol. The molecule has 106 valence electrons. The van der Waals surface area contributed by atoms with Crippen LogP contribution in [-0.4, -0.2) is 55.7 Å². The first kappa shape index (κ1) is 13.9. The smallest absolute Gasteiger partial charge is 0.360 e. The molecule has 2 heterocycles. The predicted octanol–water partition coefficient (Wildman–Crippen LogP) is 1.38. The molecule has 0 N–H and O–H groups in total. The van der Waals surface area contributed by atoms with Crippen LogP contribution in [0.1, 0.15) is 30.3 Å². The van der Waals surface area contributed by atoms with Crippen molar-refractivity contribution in [1.29, 1.82) is 0 Å². The van der Waals surface area contributed by atoms with Gasteiger partial charge in [0, 0.05) is 19.1 Å². The summed E-state index contributed by atoms with van der Waals surface area (Å²) < 4.78 is 10.3. The van der Waals surface area contributed by atoms with Gasteiger partial charge in [-0.15, -0.1) is 0 Å². The Morgan fingerprint density at radius 3 is 3.11 bits per heavy atom. The molecule has 1 aliphatic rings. The Morgan fingerprint density at radius 1 is 1.63 bits per heavy atom. The molecule has 1 aromatic heterocycles. The highest BCUT2D eigenvalue weighted by Crippen LogP contribution is 2.25. The van der Waals surface area contributed by atoms with E-state index >= 15 is 0 Å². The summed E-state index contributed by atoms with van der Waals surface area (Å²) in [4.78, 5) is 20.1. The summed E-state index contributed by atoms with van der Waals surface area (Å²) >= 11 is 0. The molecule has 1 aromatic rings. The highest BCUT2D eigenvalue weighted by Gasteiger charge is 2.29. The summed E-state index contributed by atoms with van der Waals surface area (Å²) in [5, 5.41) is 0. The number of esters is 1. The lowest BCUT2D eigenvalue weighted by Crippen LogP contribution is -2.37. The van der Waals surface area contributed by atoms with Gasteiger partial charge in [0.1, 0.15) is 6.26 Å². The van der Waals surface area contributed by atoms with Crippen LogP contribution in [0.5, 0.6) is 0 Å². The van der Waals surface area contributed by atoms with Crippen LogP contribution < -0.4 is 4.90 Å². The van der Waals surface area contributed by atoms with Crippen LogP contribution in [0, 0.1) is 0 Å². The topological polar surface area (TPSA) is 58.8 Å². The second kappa shape index (κ2) is 6.06. The first-order chi connectivity index (χ1) is 9.11. The van der Waals surface area contributed by atoms with Crippen LogP contribution in [0.25, 0.3) is 0 Å². The molecule has 0 bridgehead atoms. The highest BCUT2D eigenvalue weighted by atomic mass is 16.5. The van der Waals surface area contributed by atoms with E-state index in [2.05, 4.69) is 28.9 Å². The van der Waals surface area contributed by atoms with Crippen LogP contribution in [-0.2, 0) is 4.74 Å². The summed E-state index contributed by atoms with van der Waals surface area (Å²) in [5.41, 5.74) is 0.243. The lowest BCUT2D eigenvalue weighted by Gasteiger charge is -2.25. The fraction of sp³-hybridized carbons (Fsp3) is 0.692. The van der Waals surface area contributed by atoms with E-state index in [1.54, 1.807) is 6.92 Å². The number of rotatable bonds is 5. The molecule has 1 aliphatic heterocycles. The maximum atomic E-state index is 11.6. The third-order valence-corrected chi connectivity index (χ3v) is 3.18. The normalized spacial score (nSPS) is 19.2. The van der Waals surface area contributed by atoms with E-state index in [0.717, 1.165) is 25.9 Å². The van der Waals surface area contributed by atoms with Crippen LogP contribution in [0.15, 0.2) is 10.7 Å². The molecule has 1 saturated heterocycles. The Bertz CT molecular complexity index is 431. The molecule has 0 aromatic carbocycles. The van der Waals surface area contributed by atoms with Crippen molar-refractivity contribution < 1.29 is 13.9 Å². The van der Waals surface area contributed by atoms with Gasteiger partial charge in [-0.05, 0) is 33.9 Å². The lowest BCUT2D eigenvalue weighted by molar-refractivity contribution is 0.0519. The van der Waals surface area contributed by atoms with E-state index in [9.17, 15) is 4.79 Å². The molecular formula is C13H21N3O3. The molecule has 0 saturated carbocycles. The van der Waals surface area contributed by atoms with Crippen molar-refractivity contribution in [3.63, 3.8) is 0 Å². The van der Waals surface area contributed by atoms with Gasteiger partial charge in [0.25, 0.3) is 6.01 Å². The van der Waals surface area contributed by atoms with Gasteiger partial charge >= 0.3 is 5.97 Å². The van der Waals surface area contributed by atoms with E-state index in [-0.39, 0.29) is 5.69 Å². The fourth-order valence-electron chi connectivity index (χ4n) is 2.39. The molecule has 0 amide bonds. The largest absolute Gasteiger partial charge is 0.461 e. The minimum Gasteiger partial charge on any atom is -0.461 e. The summed E-state index contributed by atoms with van der Waals surface area (Å²) in [6.45, 7) is 3.98. The molecule has 0 radical (unpaired) electrons. The summed E-state index contributed by atoms with van der Waals surface area (Å²) in [7, 11) is 4.10. The van der Waals surface area contributed by atoms with E-state index in [0.29, 0.717) is 18.7 Å².